The van der Waals surface area contributed by atoms with Crippen LogP contribution in [0.15, 0.2) is 18.2 Å². The lowest BCUT2D eigenvalue weighted by atomic mass is 9.96. The summed E-state index contributed by atoms with van der Waals surface area (Å²) in [5.41, 5.74) is 0.945. The maximum Gasteiger partial charge on any atom is 0.408 e. The van der Waals surface area contributed by atoms with Crippen LogP contribution >= 0.6 is 24.0 Å². The largest absolute Gasteiger partial charge is 0.443 e. The minimum Gasteiger partial charge on any atom is -0.443 e. The molecule has 0 bridgehead atoms. The van der Waals surface area contributed by atoms with Gasteiger partial charge in [0.2, 0.25) is 0 Å². The van der Waals surface area contributed by atoms with Crippen molar-refractivity contribution in [2.75, 3.05) is 6.61 Å². The molecule has 100 valence electrons. The maximum absolute atomic E-state index is 13.6. The third kappa shape index (κ3) is 2.84. The molecule has 1 N–H and O–H groups in total. The van der Waals surface area contributed by atoms with Gasteiger partial charge in [0.15, 0.2) is 6.61 Å². The van der Waals surface area contributed by atoms with Gasteiger partial charge in [0, 0.05) is 5.02 Å². The number of aryl methyl sites for hydroxylation is 1. The van der Waals surface area contributed by atoms with E-state index in [-0.39, 0.29) is 12.4 Å². The summed E-state index contributed by atoms with van der Waals surface area (Å²) in [7, 11) is 0. The molecule has 1 heterocycles. The van der Waals surface area contributed by atoms with E-state index < -0.39 is 24.7 Å². The van der Waals surface area contributed by atoms with E-state index in [1.165, 1.54) is 12.1 Å². The number of alkyl halides is 2. The van der Waals surface area contributed by atoms with Crippen LogP contribution in [0.3, 0.4) is 0 Å². The smallest absolute Gasteiger partial charge is 0.408 e. The van der Waals surface area contributed by atoms with Crippen molar-refractivity contribution in [3.8, 4) is 0 Å². The Morgan fingerprint density at radius 1 is 1.50 bits per heavy atom. The van der Waals surface area contributed by atoms with Crippen LogP contribution in [0, 0.1) is 6.92 Å². The molecule has 0 radical (unpaired) electrons. The Labute approximate surface area is 114 Å². The summed E-state index contributed by atoms with van der Waals surface area (Å²) in [6.07, 6.45) is -0.838. The summed E-state index contributed by atoms with van der Waals surface area (Å²) < 4.78 is 31.6. The van der Waals surface area contributed by atoms with Crippen LogP contribution in [-0.4, -0.2) is 18.6 Å². The van der Waals surface area contributed by atoms with E-state index in [9.17, 15) is 13.6 Å². The van der Waals surface area contributed by atoms with Gasteiger partial charge < -0.3 is 10.1 Å². The average molecular weight is 298 g/mol. The van der Waals surface area contributed by atoms with Crippen molar-refractivity contribution in [3.63, 3.8) is 0 Å². The van der Waals surface area contributed by atoms with Crippen molar-refractivity contribution >= 4 is 30.1 Å². The molecule has 0 spiro atoms. The van der Waals surface area contributed by atoms with E-state index >= 15 is 0 Å². The lowest BCUT2D eigenvalue weighted by Gasteiger charge is -2.32. The average Bonchev–Trinajstić information content (AvgIpc) is 2.23. The van der Waals surface area contributed by atoms with Crippen LogP contribution < -0.4 is 5.32 Å². The van der Waals surface area contributed by atoms with Gasteiger partial charge in [-0.1, -0.05) is 17.7 Å². The minimum absolute atomic E-state index is 0. The van der Waals surface area contributed by atoms with Crippen LogP contribution in [0.5, 0.6) is 0 Å². The molecule has 1 fully saturated rings. The standard InChI is InChI=1S/C11H10ClF2NO2.ClH/c1-6-4-7(12)2-3-8(6)9-11(13,14)5-17-10(16)15-9;/h2-4,9H,5H2,1H3,(H,15,16);1H/t9-;/m0./s1. The zero-order chi connectivity index (χ0) is 12.6. The fraction of sp³-hybridized carbons (Fsp3) is 0.364. The second-order valence-corrected chi connectivity index (χ2v) is 4.35. The van der Waals surface area contributed by atoms with Crippen LogP contribution in [0.1, 0.15) is 17.2 Å². The van der Waals surface area contributed by atoms with Gasteiger partial charge in [-0.05, 0) is 30.2 Å². The van der Waals surface area contributed by atoms with Gasteiger partial charge in [-0.15, -0.1) is 12.4 Å². The Hall–Kier alpha value is -1.07. The molecule has 1 aliphatic rings. The first kappa shape index (κ1) is 15.0. The topological polar surface area (TPSA) is 38.3 Å². The summed E-state index contributed by atoms with van der Waals surface area (Å²) in [6.45, 7) is 0.754. The number of hydrogen-bond acceptors (Lipinski definition) is 2. The van der Waals surface area contributed by atoms with Crippen LogP contribution in [0.2, 0.25) is 5.02 Å². The van der Waals surface area contributed by atoms with Gasteiger partial charge in [-0.3, -0.25) is 0 Å². The summed E-state index contributed by atoms with van der Waals surface area (Å²) in [5.74, 6) is -3.13. The van der Waals surface area contributed by atoms with Crippen molar-refractivity contribution < 1.29 is 18.3 Å². The van der Waals surface area contributed by atoms with E-state index in [1.807, 2.05) is 0 Å². The second-order valence-electron chi connectivity index (χ2n) is 3.92. The molecular formula is C11H11Cl2F2NO2. The molecule has 0 aromatic heterocycles. The molecule has 1 atom stereocenters. The monoisotopic (exact) mass is 297 g/mol. The van der Waals surface area contributed by atoms with Gasteiger partial charge in [0.05, 0.1) is 0 Å². The third-order valence-electron chi connectivity index (χ3n) is 2.62. The number of carbonyl (C=O) groups is 1. The number of alkyl carbamates (subject to hydrolysis) is 1. The molecular weight excluding hydrogens is 287 g/mol. The minimum atomic E-state index is -3.13. The summed E-state index contributed by atoms with van der Waals surface area (Å²) >= 11 is 5.76. The molecule has 2 rings (SSSR count). The Morgan fingerprint density at radius 2 is 2.17 bits per heavy atom. The molecule has 1 aromatic carbocycles. The number of nitrogens with one attached hydrogen (secondary N) is 1. The maximum atomic E-state index is 13.6. The van der Waals surface area contributed by atoms with Crippen molar-refractivity contribution in [1.29, 1.82) is 0 Å². The lowest BCUT2D eigenvalue weighted by Crippen LogP contribution is -2.49. The summed E-state index contributed by atoms with van der Waals surface area (Å²) in [6, 6.07) is 3.21. The molecule has 1 amide bonds. The van der Waals surface area contributed by atoms with Gasteiger partial charge >= 0.3 is 12.0 Å². The van der Waals surface area contributed by atoms with Gasteiger partial charge in [0.1, 0.15) is 6.04 Å². The number of hydrogen-bond donors (Lipinski definition) is 1. The number of halogens is 4. The Bertz CT molecular complexity index is 468. The van der Waals surface area contributed by atoms with Crippen LogP contribution in [0.25, 0.3) is 0 Å². The highest BCUT2D eigenvalue weighted by Gasteiger charge is 2.47. The van der Waals surface area contributed by atoms with Gasteiger partial charge in [-0.2, -0.15) is 0 Å². The van der Waals surface area contributed by atoms with Crippen LogP contribution in [-0.2, 0) is 4.74 Å². The van der Waals surface area contributed by atoms with Crippen molar-refractivity contribution in [1.82, 2.24) is 5.32 Å². The Balaban J connectivity index is 0.00000162. The lowest BCUT2D eigenvalue weighted by molar-refractivity contribution is -0.104. The molecule has 3 nitrogen and oxygen atoms in total. The number of cyclic esters (lactones) is 1. The molecule has 0 aliphatic carbocycles. The highest BCUT2D eigenvalue weighted by Crippen LogP contribution is 2.36. The fourth-order valence-electron chi connectivity index (χ4n) is 1.78. The van der Waals surface area contributed by atoms with Crippen molar-refractivity contribution in [3.05, 3.63) is 34.3 Å². The molecule has 1 saturated heterocycles. The predicted octanol–water partition coefficient (Wildman–Crippen LogP) is 3.49. The summed E-state index contributed by atoms with van der Waals surface area (Å²) in [4.78, 5) is 11.0. The number of benzene rings is 1. The molecule has 7 heteroatoms. The van der Waals surface area contributed by atoms with E-state index in [4.69, 9.17) is 11.6 Å². The van der Waals surface area contributed by atoms with Crippen molar-refractivity contribution in [2.45, 2.75) is 18.9 Å². The highest BCUT2D eigenvalue weighted by molar-refractivity contribution is 6.30. The number of amides is 1. The van der Waals surface area contributed by atoms with E-state index in [1.54, 1.807) is 13.0 Å². The quantitative estimate of drug-likeness (QED) is 0.862. The Morgan fingerprint density at radius 3 is 2.78 bits per heavy atom. The predicted molar refractivity (Wildman–Crippen MR) is 65.6 cm³/mol. The first-order chi connectivity index (χ1) is 7.90. The normalized spacial score (nSPS) is 21.6. The zero-order valence-electron chi connectivity index (χ0n) is 9.38. The van der Waals surface area contributed by atoms with Gasteiger partial charge in [-0.25, -0.2) is 13.6 Å². The van der Waals surface area contributed by atoms with E-state index in [0.29, 0.717) is 16.1 Å². The Kier molecular flexibility index (Phi) is 4.40. The van der Waals surface area contributed by atoms with E-state index in [2.05, 4.69) is 10.1 Å². The van der Waals surface area contributed by atoms with Gasteiger partial charge in [0.25, 0.3) is 0 Å². The molecule has 1 aliphatic heterocycles. The molecule has 0 saturated carbocycles. The first-order valence-electron chi connectivity index (χ1n) is 4.97. The number of rotatable bonds is 1. The SMILES string of the molecule is Cc1cc(Cl)ccc1[C@@H]1NC(=O)OCC1(F)F.Cl. The molecule has 18 heavy (non-hydrogen) atoms. The van der Waals surface area contributed by atoms with E-state index in [0.717, 1.165) is 0 Å². The number of carbonyl (C=O) groups excluding carboxylic acids is 1. The molecule has 0 unspecified atom stereocenters. The van der Waals surface area contributed by atoms with Crippen LogP contribution in [0.4, 0.5) is 13.6 Å². The third-order valence-corrected chi connectivity index (χ3v) is 2.86. The molecule has 1 aromatic rings. The first-order valence-corrected chi connectivity index (χ1v) is 5.35. The van der Waals surface area contributed by atoms with Crippen molar-refractivity contribution in [2.24, 2.45) is 0 Å². The second kappa shape index (κ2) is 5.28. The zero-order valence-corrected chi connectivity index (χ0v) is 10.9. The fourth-order valence-corrected chi connectivity index (χ4v) is 2.01. The summed E-state index contributed by atoms with van der Waals surface area (Å²) in [5, 5.41) is 2.59. The number of ether oxygens (including phenoxy) is 1. The highest BCUT2D eigenvalue weighted by atomic mass is 35.5.